The molecule has 1 heterocycles. The standard InChI is InChI=1S/C16H22BrN3O.HI/c1-11(17)10-19-15(18-4)20-13-9-16(2,3)21-14-8-6-5-7-12(13)14;/h5-8,13H,1,9-10H2,2-4H3,(H2,18,19,20);1H. The van der Waals surface area contributed by atoms with E-state index < -0.39 is 0 Å². The van der Waals surface area contributed by atoms with E-state index in [9.17, 15) is 0 Å². The van der Waals surface area contributed by atoms with Crippen LogP contribution in [0, 0.1) is 0 Å². The maximum Gasteiger partial charge on any atom is 0.191 e. The van der Waals surface area contributed by atoms with Gasteiger partial charge in [-0.2, -0.15) is 0 Å². The van der Waals surface area contributed by atoms with E-state index in [-0.39, 0.29) is 35.6 Å². The third-order valence-corrected chi connectivity index (χ3v) is 3.64. The number of aliphatic imine (C=N–C) groups is 1. The van der Waals surface area contributed by atoms with Gasteiger partial charge in [0.05, 0.1) is 6.04 Å². The van der Waals surface area contributed by atoms with E-state index in [0.29, 0.717) is 6.54 Å². The highest BCUT2D eigenvalue weighted by molar-refractivity contribution is 14.0. The Morgan fingerprint density at radius 3 is 2.77 bits per heavy atom. The Labute approximate surface area is 158 Å². The van der Waals surface area contributed by atoms with Gasteiger partial charge in [-0.15, -0.1) is 24.0 Å². The van der Waals surface area contributed by atoms with Crippen molar-refractivity contribution in [3.05, 3.63) is 40.9 Å². The summed E-state index contributed by atoms with van der Waals surface area (Å²) in [5.41, 5.74) is 0.960. The van der Waals surface area contributed by atoms with Crippen molar-refractivity contribution in [3.8, 4) is 5.75 Å². The zero-order chi connectivity index (χ0) is 15.5. The van der Waals surface area contributed by atoms with Crippen LogP contribution in [0.3, 0.4) is 0 Å². The van der Waals surface area contributed by atoms with E-state index in [2.05, 4.69) is 58.0 Å². The van der Waals surface area contributed by atoms with Crippen molar-refractivity contribution in [1.29, 1.82) is 0 Å². The van der Waals surface area contributed by atoms with Gasteiger partial charge in [0.2, 0.25) is 0 Å². The number of hydrogen-bond acceptors (Lipinski definition) is 2. The smallest absolute Gasteiger partial charge is 0.191 e. The third-order valence-electron chi connectivity index (χ3n) is 3.36. The molecule has 2 N–H and O–H groups in total. The predicted molar refractivity (Wildman–Crippen MR) is 106 cm³/mol. The molecule has 1 aromatic carbocycles. The molecule has 1 aromatic rings. The van der Waals surface area contributed by atoms with Crippen LogP contribution in [0.1, 0.15) is 31.9 Å². The molecule has 2 rings (SSSR count). The number of benzene rings is 1. The third kappa shape index (κ3) is 5.15. The molecule has 0 amide bonds. The maximum atomic E-state index is 6.04. The van der Waals surface area contributed by atoms with Gasteiger partial charge in [0.1, 0.15) is 11.4 Å². The lowest BCUT2D eigenvalue weighted by atomic mass is 9.90. The molecule has 0 saturated carbocycles. The van der Waals surface area contributed by atoms with E-state index in [1.54, 1.807) is 7.05 Å². The molecule has 0 aromatic heterocycles. The first-order valence-electron chi connectivity index (χ1n) is 7.00. The first-order chi connectivity index (χ1) is 9.91. The fourth-order valence-corrected chi connectivity index (χ4v) is 2.61. The van der Waals surface area contributed by atoms with Crippen LogP contribution in [0.25, 0.3) is 0 Å². The molecule has 4 nitrogen and oxygen atoms in total. The van der Waals surface area contributed by atoms with Crippen LogP contribution >= 0.6 is 39.9 Å². The van der Waals surface area contributed by atoms with Crippen LogP contribution in [0.5, 0.6) is 5.75 Å². The minimum atomic E-state index is -0.204. The molecule has 0 bridgehead atoms. The van der Waals surface area contributed by atoms with Crippen molar-refractivity contribution in [2.75, 3.05) is 13.6 Å². The van der Waals surface area contributed by atoms with Crippen LogP contribution < -0.4 is 15.4 Å². The molecule has 0 spiro atoms. The summed E-state index contributed by atoms with van der Waals surface area (Å²) in [5, 5.41) is 6.70. The lowest BCUT2D eigenvalue weighted by Gasteiger charge is -2.38. The number of halogens is 2. The maximum absolute atomic E-state index is 6.04. The highest BCUT2D eigenvalue weighted by atomic mass is 127. The van der Waals surface area contributed by atoms with Gasteiger partial charge in [-0.3, -0.25) is 4.99 Å². The summed E-state index contributed by atoms with van der Waals surface area (Å²) >= 11 is 3.34. The van der Waals surface area contributed by atoms with E-state index in [0.717, 1.165) is 28.2 Å². The summed E-state index contributed by atoms with van der Waals surface area (Å²) in [7, 11) is 1.77. The minimum absolute atomic E-state index is 0. The zero-order valence-electron chi connectivity index (χ0n) is 13.1. The van der Waals surface area contributed by atoms with Gasteiger partial charge >= 0.3 is 0 Å². The molecule has 0 saturated heterocycles. The normalized spacial score (nSPS) is 19.3. The van der Waals surface area contributed by atoms with Crippen LogP contribution in [0.2, 0.25) is 0 Å². The van der Waals surface area contributed by atoms with Crippen LogP contribution in [0.4, 0.5) is 0 Å². The van der Waals surface area contributed by atoms with Gasteiger partial charge in [-0.25, -0.2) is 0 Å². The summed E-state index contributed by atoms with van der Waals surface area (Å²) in [4.78, 5) is 4.27. The van der Waals surface area contributed by atoms with Crippen molar-refractivity contribution < 1.29 is 4.74 Å². The van der Waals surface area contributed by atoms with Gasteiger partial charge in [0.25, 0.3) is 0 Å². The topological polar surface area (TPSA) is 45.7 Å². The van der Waals surface area contributed by atoms with E-state index in [1.165, 1.54) is 0 Å². The largest absolute Gasteiger partial charge is 0.487 e. The molecule has 1 atom stereocenters. The SMILES string of the molecule is C=C(Br)CNC(=NC)NC1CC(C)(C)Oc2ccccc21.I. The Morgan fingerprint density at radius 2 is 2.14 bits per heavy atom. The monoisotopic (exact) mass is 479 g/mol. The molecular weight excluding hydrogens is 457 g/mol. The van der Waals surface area contributed by atoms with Crippen molar-refractivity contribution in [3.63, 3.8) is 0 Å². The molecule has 1 aliphatic heterocycles. The molecule has 122 valence electrons. The van der Waals surface area contributed by atoms with Crippen LogP contribution in [-0.4, -0.2) is 25.2 Å². The second-order valence-electron chi connectivity index (χ2n) is 5.74. The van der Waals surface area contributed by atoms with Gasteiger partial charge in [-0.1, -0.05) is 40.7 Å². The average Bonchev–Trinajstić information content (AvgIpc) is 2.41. The quantitative estimate of drug-likeness (QED) is 0.391. The predicted octanol–water partition coefficient (Wildman–Crippen LogP) is 3.98. The highest BCUT2D eigenvalue weighted by Gasteiger charge is 2.33. The van der Waals surface area contributed by atoms with E-state index in [4.69, 9.17) is 4.74 Å². The average molecular weight is 480 g/mol. The van der Waals surface area contributed by atoms with Crippen LogP contribution in [-0.2, 0) is 0 Å². The fraction of sp³-hybridized carbons (Fsp3) is 0.438. The van der Waals surface area contributed by atoms with Gasteiger partial charge in [0.15, 0.2) is 5.96 Å². The molecule has 1 aliphatic rings. The number of rotatable bonds is 3. The first kappa shape index (κ1) is 19.3. The Kier molecular flexibility index (Phi) is 7.18. The zero-order valence-corrected chi connectivity index (χ0v) is 17.1. The number of fused-ring (bicyclic) bond motifs is 1. The molecule has 0 fully saturated rings. The van der Waals surface area contributed by atoms with Crippen LogP contribution in [0.15, 0.2) is 40.3 Å². The highest BCUT2D eigenvalue weighted by Crippen LogP contribution is 2.39. The summed E-state index contributed by atoms with van der Waals surface area (Å²) in [5.74, 6) is 1.69. The first-order valence-corrected chi connectivity index (χ1v) is 7.79. The summed E-state index contributed by atoms with van der Waals surface area (Å²) in [6, 6.07) is 8.31. The molecule has 1 unspecified atom stereocenters. The second kappa shape index (κ2) is 8.19. The number of nitrogens with one attached hydrogen (secondary N) is 2. The van der Waals surface area contributed by atoms with Crippen molar-refractivity contribution in [2.24, 2.45) is 4.99 Å². The molecule has 22 heavy (non-hydrogen) atoms. The Morgan fingerprint density at radius 1 is 1.45 bits per heavy atom. The van der Waals surface area contributed by atoms with Crippen molar-refractivity contribution in [1.82, 2.24) is 10.6 Å². The van der Waals surface area contributed by atoms with Gasteiger partial charge in [0, 0.05) is 30.1 Å². The summed E-state index contributed by atoms with van der Waals surface area (Å²) in [6.45, 7) is 8.66. The number of para-hydroxylation sites is 1. The Balaban J connectivity index is 0.00000242. The van der Waals surface area contributed by atoms with Crippen molar-refractivity contribution in [2.45, 2.75) is 31.9 Å². The summed E-state index contributed by atoms with van der Waals surface area (Å²) in [6.07, 6.45) is 0.875. The molecule has 0 aliphatic carbocycles. The number of ether oxygens (including phenoxy) is 1. The van der Waals surface area contributed by atoms with E-state index in [1.807, 2.05) is 18.2 Å². The number of guanidine groups is 1. The Bertz CT molecular complexity index is 560. The lowest BCUT2D eigenvalue weighted by Crippen LogP contribution is -2.45. The minimum Gasteiger partial charge on any atom is -0.487 e. The molecular formula is C16H23BrIN3O. The lowest BCUT2D eigenvalue weighted by molar-refractivity contribution is 0.0694. The molecule has 6 heteroatoms. The van der Waals surface area contributed by atoms with Gasteiger partial charge < -0.3 is 15.4 Å². The number of nitrogens with zero attached hydrogens (tertiary/aromatic N) is 1. The number of hydrogen-bond donors (Lipinski definition) is 2. The van der Waals surface area contributed by atoms with Gasteiger partial charge in [-0.05, 0) is 19.9 Å². The van der Waals surface area contributed by atoms with Crippen molar-refractivity contribution >= 4 is 45.9 Å². The summed E-state index contributed by atoms with van der Waals surface area (Å²) < 4.78 is 6.93. The Hall–Kier alpha value is -0.760. The fourth-order valence-electron chi connectivity index (χ4n) is 2.47. The molecule has 0 radical (unpaired) electrons. The van der Waals surface area contributed by atoms with E-state index >= 15 is 0 Å². The second-order valence-corrected chi connectivity index (χ2v) is 6.87.